The van der Waals surface area contributed by atoms with Crippen LogP contribution in [0.3, 0.4) is 0 Å². The zero-order valence-corrected chi connectivity index (χ0v) is 27.4. The van der Waals surface area contributed by atoms with Crippen molar-refractivity contribution >= 4 is 5.91 Å². The van der Waals surface area contributed by atoms with Gasteiger partial charge in [0.25, 0.3) is 11.5 Å². The minimum absolute atomic E-state index is 0.0360. The Hall–Kier alpha value is -3.23. The monoisotopic (exact) mass is 601 g/mol. The number of hydrogen-bond donors (Lipinski definition) is 2. The lowest BCUT2D eigenvalue weighted by molar-refractivity contribution is -0.117. The molecule has 3 aliphatic rings. The maximum atomic E-state index is 13.9. The number of rotatable bonds is 10. The normalized spacial score (nSPS) is 20.1. The summed E-state index contributed by atoms with van der Waals surface area (Å²) >= 11 is 0. The summed E-state index contributed by atoms with van der Waals surface area (Å²) < 4.78 is 5.68. The molecule has 44 heavy (non-hydrogen) atoms. The number of carbonyl (C=O) groups is 1. The van der Waals surface area contributed by atoms with Crippen molar-refractivity contribution in [3.8, 4) is 0 Å². The van der Waals surface area contributed by atoms with E-state index in [4.69, 9.17) is 9.72 Å². The van der Waals surface area contributed by atoms with E-state index in [2.05, 4.69) is 66.0 Å². The van der Waals surface area contributed by atoms with Crippen molar-refractivity contribution in [3.05, 3.63) is 85.7 Å². The molecule has 2 aromatic heterocycles. The number of amides is 1. The van der Waals surface area contributed by atoms with E-state index in [0.717, 1.165) is 86.7 Å². The smallest absolute Gasteiger partial charge is 0.253 e. The van der Waals surface area contributed by atoms with Gasteiger partial charge in [-0.05, 0) is 101 Å². The van der Waals surface area contributed by atoms with Gasteiger partial charge in [-0.25, -0.2) is 0 Å². The summed E-state index contributed by atoms with van der Waals surface area (Å²) in [5, 5.41) is 3.12. The number of allylic oxidation sites excluding steroid dienone is 2. The first-order chi connectivity index (χ1) is 21.2. The fourth-order valence-corrected chi connectivity index (χ4v) is 7.16. The molecule has 1 aliphatic carbocycles. The van der Waals surface area contributed by atoms with Crippen LogP contribution in [0.2, 0.25) is 0 Å². The van der Waals surface area contributed by atoms with Crippen LogP contribution >= 0.6 is 0 Å². The Labute approximate surface area is 263 Å². The van der Waals surface area contributed by atoms with Crippen molar-refractivity contribution in [1.82, 2.24) is 25.1 Å². The molecule has 8 nitrogen and oxygen atoms in total. The Bertz CT molecular complexity index is 1410. The van der Waals surface area contributed by atoms with Gasteiger partial charge in [-0.3, -0.25) is 19.5 Å². The van der Waals surface area contributed by atoms with Crippen molar-refractivity contribution in [1.29, 1.82) is 0 Å². The lowest BCUT2D eigenvalue weighted by Crippen LogP contribution is -2.40. The summed E-state index contributed by atoms with van der Waals surface area (Å²) in [6, 6.07) is 6.77. The van der Waals surface area contributed by atoms with Gasteiger partial charge < -0.3 is 19.9 Å². The zero-order chi connectivity index (χ0) is 31.2. The molecule has 2 saturated heterocycles. The van der Waals surface area contributed by atoms with Crippen LogP contribution in [-0.2, 0) is 22.6 Å². The van der Waals surface area contributed by atoms with Crippen LogP contribution in [0.25, 0.3) is 0 Å². The SMILES string of the molecule is CCN(C1=C(C)C(C(=O)NCc2c(C(C)C)cc(C)[nH]c2=O)=CC(c2ccc(CN3CCCCC3)nc2)C1)C1CCOCC1. The molecule has 4 heterocycles. The predicted molar refractivity (Wildman–Crippen MR) is 175 cm³/mol. The van der Waals surface area contributed by atoms with Crippen LogP contribution in [0.1, 0.15) is 106 Å². The Morgan fingerprint density at radius 3 is 2.57 bits per heavy atom. The van der Waals surface area contributed by atoms with Crippen molar-refractivity contribution in [3.63, 3.8) is 0 Å². The molecule has 0 bridgehead atoms. The third kappa shape index (κ3) is 7.52. The first-order valence-corrected chi connectivity index (χ1v) is 16.7. The van der Waals surface area contributed by atoms with E-state index in [1.807, 2.05) is 19.2 Å². The summed E-state index contributed by atoms with van der Waals surface area (Å²) in [7, 11) is 0. The van der Waals surface area contributed by atoms with Crippen molar-refractivity contribution in [2.75, 3.05) is 32.8 Å². The average Bonchev–Trinajstić information content (AvgIpc) is 3.02. The highest BCUT2D eigenvalue weighted by atomic mass is 16.5. The predicted octanol–water partition coefficient (Wildman–Crippen LogP) is 5.69. The fraction of sp³-hybridized carbons (Fsp3) is 0.583. The highest BCUT2D eigenvalue weighted by Gasteiger charge is 2.31. The lowest BCUT2D eigenvalue weighted by Gasteiger charge is -2.40. The maximum Gasteiger partial charge on any atom is 0.253 e. The van der Waals surface area contributed by atoms with Crippen LogP contribution in [-0.4, -0.2) is 64.6 Å². The maximum absolute atomic E-state index is 13.9. The number of aryl methyl sites for hydroxylation is 1. The molecule has 2 aromatic rings. The molecule has 0 radical (unpaired) electrons. The topological polar surface area (TPSA) is 90.6 Å². The number of ether oxygens (including phenoxy) is 1. The van der Waals surface area contributed by atoms with Crippen LogP contribution in [0.5, 0.6) is 0 Å². The summed E-state index contributed by atoms with van der Waals surface area (Å²) in [4.78, 5) is 39.6. The molecule has 0 saturated carbocycles. The Kier molecular flexibility index (Phi) is 10.7. The minimum Gasteiger partial charge on any atom is -0.381 e. The van der Waals surface area contributed by atoms with Crippen molar-refractivity contribution in [2.24, 2.45) is 0 Å². The van der Waals surface area contributed by atoms with E-state index >= 15 is 0 Å². The number of nitrogens with zero attached hydrogens (tertiary/aromatic N) is 3. The fourth-order valence-electron chi connectivity index (χ4n) is 7.16. The third-order valence-corrected chi connectivity index (χ3v) is 9.64. The minimum atomic E-state index is -0.142. The van der Waals surface area contributed by atoms with E-state index in [0.29, 0.717) is 17.2 Å². The lowest BCUT2D eigenvalue weighted by atomic mass is 9.83. The van der Waals surface area contributed by atoms with Crippen molar-refractivity contribution in [2.45, 2.75) is 104 Å². The molecule has 8 heteroatoms. The summed E-state index contributed by atoms with van der Waals surface area (Å²) in [5.41, 5.74) is 7.46. The first kappa shape index (κ1) is 32.2. The van der Waals surface area contributed by atoms with Gasteiger partial charge in [-0.15, -0.1) is 0 Å². The highest BCUT2D eigenvalue weighted by molar-refractivity contribution is 5.98. The summed E-state index contributed by atoms with van der Waals surface area (Å²) in [5.74, 6) is 0.0725. The summed E-state index contributed by atoms with van der Waals surface area (Å²) in [6.07, 6.45) is 10.8. The van der Waals surface area contributed by atoms with E-state index < -0.39 is 0 Å². The van der Waals surface area contributed by atoms with Crippen LogP contribution < -0.4 is 10.9 Å². The van der Waals surface area contributed by atoms with E-state index in [1.165, 1.54) is 25.0 Å². The van der Waals surface area contributed by atoms with E-state index in [1.54, 1.807) is 0 Å². The average molecular weight is 602 g/mol. The number of pyridine rings is 2. The van der Waals surface area contributed by atoms with Gasteiger partial charge in [-0.2, -0.15) is 0 Å². The van der Waals surface area contributed by atoms with Gasteiger partial charge in [0.05, 0.1) is 5.69 Å². The van der Waals surface area contributed by atoms with Crippen LogP contribution in [0, 0.1) is 6.92 Å². The third-order valence-electron chi connectivity index (χ3n) is 9.64. The number of piperidine rings is 1. The molecule has 1 atom stereocenters. The first-order valence-electron chi connectivity index (χ1n) is 16.7. The van der Waals surface area contributed by atoms with Gasteiger partial charge >= 0.3 is 0 Å². The van der Waals surface area contributed by atoms with Gasteiger partial charge in [0.15, 0.2) is 0 Å². The molecular formula is C36H51N5O3. The van der Waals surface area contributed by atoms with Crippen LogP contribution in [0.4, 0.5) is 0 Å². The molecule has 2 N–H and O–H groups in total. The molecule has 2 aliphatic heterocycles. The largest absolute Gasteiger partial charge is 0.381 e. The van der Waals surface area contributed by atoms with Crippen LogP contribution in [0.15, 0.2) is 52.1 Å². The highest BCUT2D eigenvalue weighted by Crippen LogP contribution is 2.38. The van der Waals surface area contributed by atoms with E-state index in [9.17, 15) is 9.59 Å². The zero-order valence-electron chi connectivity index (χ0n) is 27.4. The quantitative estimate of drug-likeness (QED) is 0.364. The second-order valence-corrected chi connectivity index (χ2v) is 13.1. The molecule has 1 amide bonds. The standard InChI is InChI=1S/C36H51N5O3/c1-6-41(30-12-16-44-17-13-30)34-20-28(27-10-11-29(37-21-27)23-40-14-8-7-9-15-40)19-32(26(34)5)35(42)38-22-33-31(24(2)3)18-25(4)39-36(33)43/h10-11,18-19,21,24,28,30H,6-9,12-17,20,22-23H2,1-5H3,(H,38,42)(H,39,43). The molecular weight excluding hydrogens is 550 g/mol. The van der Waals surface area contributed by atoms with Crippen molar-refractivity contribution < 1.29 is 9.53 Å². The number of carbonyl (C=O) groups excluding carboxylic acids is 1. The van der Waals surface area contributed by atoms with Gasteiger partial charge in [-0.1, -0.05) is 32.4 Å². The molecule has 0 aromatic carbocycles. The van der Waals surface area contributed by atoms with Gasteiger partial charge in [0.1, 0.15) is 0 Å². The second kappa shape index (κ2) is 14.7. The Balaban J connectivity index is 1.42. The van der Waals surface area contributed by atoms with Gasteiger partial charge in [0.2, 0.25) is 0 Å². The molecule has 1 unspecified atom stereocenters. The second-order valence-electron chi connectivity index (χ2n) is 13.1. The number of aromatic amines is 1. The summed E-state index contributed by atoms with van der Waals surface area (Å²) in [6.45, 7) is 16.1. The number of H-pyrrole nitrogens is 1. The molecule has 5 rings (SSSR count). The number of hydrogen-bond acceptors (Lipinski definition) is 6. The Morgan fingerprint density at radius 2 is 1.91 bits per heavy atom. The molecule has 0 spiro atoms. The van der Waals surface area contributed by atoms with E-state index in [-0.39, 0.29) is 29.8 Å². The number of likely N-dealkylation sites (tertiary alicyclic amines) is 1. The number of aromatic nitrogens is 2. The number of nitrogens with one attached hydrogen (secondary N) is 2. The van der Waals surface area contributed by atoms with Gasteiger partial charge in [0, 0.05) is 73.5 Å². The Morgan fingerprint density at radius 1 is 1.16 bits per heavy atom. The molecule has 238 valence electrons. The molecule has 2 fully saturated rings.